The largest absolute Gasteiger partial charge is 0.493 e. The summed E-state index contributed by atoms with van der Waals surface area (Å²) < 4.78 is 12.3. The van der Waals surface area contributed by atoms with Gasteiger partial charge < -0.3 is 19.3 Å². The van der Waals surface area contributed by atoms with Crippen LogP contribution in [0.15, 0.2) is 36.4 Å². The zero-order valence-corrected chi connectivity index (χ0v) is 19.0. The van der Waals surface area contributed by atoms with Gasteiger partial charge in [0, 0.05) is 24.8 Å². The molecule has 2 aromatic carbocycles. The second-order valence-corrected chi connectivity index (χ2v) is 8.75. The topological polar surface area (TPSA) is 37.8 Å². The van der Waals surface area contributed by atoms with Crippen LogP contribution in [0.1, 0.15) is 31.7 Å². The maximum absolute atomic E-state index is 5.57. The van der Waals surface area contributed by atoms with Crippen molar-refractivity contribution in [1.29, 1.82) is 0 Å². The Morgan fingerprint density at radius 1 is 1.00 bits per heavy atom. The Morgan fingerprint density at radius 2 is 1.80 bits per heavy atom. The molecule has 0 atom stereocenters. The molecule has 0 bridgehead atoms. The third kappa shape index (κ3) is 4.55. The number of aromatic nitrogens is 1. The molecule has 2 heterocycles. The SMILES string of the molecule is CCc1ccc2nc(N(CCN3CCCCC3)c3ccc(OC)c(OC)c3)sc2c1. The van der Waals surface area contributed by atoms with Crippen LogP contribution in [0.5, 0.6) is 11.5 Å². The molecule has 30 heavy (non-hydrogen) atoms. The molecule has 0 aliphatic carbocycles. The van der Waals surface area contributed by atoms with Crippen molar-refractivity contribution in [2.45, 2.75) is 32.6 Å². The minimum absolute atomic E-state index is 0.743. The van der Waals surface area contributed by atoms with Gasteiger partial charge in [0.25, 0.3) is 0 Å². The molecule has 0 N–H and O–H groups in total. The van der Waals surface area contributed by atoms with Crippen molar-refractivity contribution in [2.24, 2.45) is 0 Å². The number of ether oxygens (including phenoxy) is 2. The van der Waals surface area contributed by atoms with Gasteiger partial charge in [-0.3, -0.25) is 0 Å². The Hall–Kier alpha value is -2.31. The molecule has 160 valence electrons. The lowest BCUT2D eigenvalue weighted by molar-refractivity contribution is 0.234. The van der Waals surface area contributed by atoms with E-state index in [9.17, 15) is 0 Å². The molecule has 1 saturated heterocycles. The highest BCUT2D eigenvalue weighted by Gasteiger charge is 2.19. The lowest BCUT2D eigenvalue weighted by atomic mass is 10.1. The van der Waals surface area contributed by atoms with Crippen LogP contribution in [0.2, 0.25) is 0 Å². The average molecular weight is 426 g/mol. The van der Waals surface area contributed by atoms with Crippen LogP contribution in [0.4, 0.5) is 10.8 Å². The molecule has 6 heteroatoms. The van der Waals surface area contributed by atoms with Crippen LogP contribution in [0, 0.1) is 0 Å². The number of aryl methyl sites for hydroxylation is 1. The number of rotatable bonds is 8. The number of hydrogen-bond donors (Lipinski definition) is 0. The fraction of sp³-hybridized carbons (Fsp3) is 0.458. The van der Waals surface area contributed by atoms with Crippen molar-refractivity contribution < 1.29 is 9.47 Å². The van der Waals surface area contributed by atoms with E-state index in [4.69, 9.17) is 14.5 Å². The molecule has 0 unspecified atom stereocenters. The van der Waals surface area contributed by atoms with E-state index < -0.39 is 0 Å². The summed E-state index contributed by atoms with van der Waals surface area (Å²) in [5.74, 6) is 1.49. The van der Waals surface area contributed by atoms with Crippen molar-refractivity contribution in [3.63, 3.8) is 0 Å². The molecule has 1 aliphatic rings. The van der Waals surface area contributed by atoms with E-state index in [2.05, 4.69) is 47.1 Å². The molecule has 5 nitrogen and oxygen atoms in total. The summed E-state index contributed by atoms with van der Waals surface area (Å²) in [7, 11) is 3.36. The molecule has 0 saturated carbocycles. The smallest absolute Gasteiger partial charge is 0.191 e. The summed E-state index contributed by atoms with van der Waals surface area (Å²) in [4.78, 5) is 9.88. The van der Waals surface area contributed by atoms with Gasteiger partial charge >= 0.3 is 0 Å². The number of piperidine rings is 1. The highest BCUT2D eigenvalue weighted by molar-refractivity contribution is 7.22. The molecular formula is C24H31N3O2S. The second kappa shape index (κ2) is 9.67. The van der Waals surface area contributed by atoms with Crippen molar-refractivity contribution in [1.82, 2.24) is 9.88 Å². The van der Waals surface area contributed by atoms with Crippen LogP contribution >= 0.6 is 11.3 Å². The highest BCUT2D eigenvalue weighted by atomic mass is 32.1. The summed E-state index contributed by atoms with van der Waals surface area (Å²) in [5, 5.41) is 1.03. The number of nitrogens with zero attached hydrogens (tertiary/aromatic N) is 3. The van der Waals surface area contributed by atoms with Crippen LogP contribution in [-0.4, -0.2) is 50.3 Å². The summed E-state index contributed by atoms with van der Waals surface area (Å²) in [6.07, 6.45) is 5.00. The molecule has 0 radical (unpaired) electrons. The fourth-order valence-corrected chi connectivity index (χ4v) is 5.12. The van der Waals surface area contributed by atoms with Crippen LogP contribution in [0.3, 0.4) is 0 Å². The summed E-state index contributed by atoms with van der Waals surface area (Å²) >= 11 is 1.76. The molecule has 3 aromatic rings. The number of anilines is 2. The molecule has 0 amide bonds. The molecule has 1 fully saturated rings. The van der Waals surface area contributed by atoms with Crippen molar-refractivity contribution in [3.8, 4) is 11.5 Å². The number of benzene rings is 2. The predicted molar refractivity (Wildman–Crippen MR) is 126 cm³/mol. The van der Waals surface area contributed by atoms with E-state index in [1.807, 2.05) is 6.07 Å². The molecule has 1 aliphatic heterocycles. The molecule has 0 spiro atoms. The predicted octanol–water partition coefficient (Wildman–Crippen LogP) is 5.50. The maximum atomic E-state index is 5.57. The Bertz CT molecular complexity index is 982. The van der Waals surface area contributed by atoms with E-state index >= 15 is 0 Å². The number of methoxy groups -OCH3 is 2. The van der Waals surface area contributed by atoms with Gasteiger partial charge in [-0.2, -0.15) is 0 Å². The Kier molecular flexibility index (Phi) is 6.75. The number of likely N-dealkylation sites (tertiary alicyclic amines) is 1. The van der Waals surface area contributed by atoms with Crippen LogP contribution in [0.25, 0.3) is 10.2 Å². The lowest BCUT2D eigenvalue weighted by Crippen LogP contribution is -2.36. The minimum Gasteiger partial charge on any atom is -0.493 e. The average Bonchev–Trinajstić information content (AvgIpc) is 3.22. The first-order valence-corrected chi connectivity index (χ1v) is 11.6. The fourth-order valence-electron chi connectivity index (χ4n) is 4.04. The number of thiazole rings is 1. The van der Waals surface area contributed by atoms with Crippen molar-refractivity contribution in [2.75, 3.05) is 45.3 Å². The van der Waals surface area contributed by atoms with Crippen molar-refractivity contribution >= 4 is 32.4 Å². The third-order valence-electron chi connectivity index (χ3n) is 5.85. The van der Waals surface area contributed by atoms with Gasteiger partial charge in [-0.15, -0.1) is 0 Å². The van der Waals surface area contributed by atoms with E-state index in [1.165, 1.54) is 42.6 Å². The van der Waals surface area contributed by atoms with Gasteiger partial charge in [0.05, 0.1) is 24.4 Å². The lowest BCUT2D eigenvalue weighted by Gasteiger charge is -2.30. The minimum atomic E-state index is 0.743. The maximum Gasteiger partial charge on any atom is 0.191 e. The quantitative estimate of drug-likeness (QED) is 0.476. The van der Waals surface area contributed by atoms with E-state index in [1.54, 1.807) is 25.6 Å². The third-order valence-corrected chi connectivity index (χ3v) is 6.89. The first-order chi connectivity index (χ1) is 14.7. The molecule has 4 rings (SSSR count). The van der Waals surface area contributed by atoms with Gasteiger partial charge in [-0.1, -0.05) is 30.7 Å². The summed E-state index contributed by atoms with van der Waals surface area (Å²) in [6.45, 7) is 6.51. The highest BCUT2D eigenvalue weighted by Crippen LogP contribution is 2.37. The first-order valence-electron chi connectivity index (χ1n) is 10.8. The standard InChI is InChI=1S/C24H31N3O2S/c1-4-18-8-10-20-23(16-18)30-24(25-20)27(15-14-26-12-6-5-7-13-26)19-9-11-21(28-2)22(17-19)29-3/h8-11,16-17H,4-7,12-15H2,1-3H3. The van der Waals surface area contributed by atoms with Gasteiger partial charge in [0.2, 0.25) is 0 Å². The van der Waals surface area contributed by atoms with E-state index in [0.717, 1.165) is 47.3 Å². The van der Waals surface area contributed by atoms with Crippen molar-refractivity contribution in [3.05, 3.63) is 42.0 Å². The zero-order valence-electron chi connectivity index (χ0n) is 18.2. The Labute approximate surface area is 183 Å². The van der Waals surface area contributed by atoms with Crippen LogP contribution in [-0.2, 0) is 6.42 Å². The molecule has 1 aromatic heterocycles. The Morgan fingerprint density at radius 3 is 2.53 bits per heavy atom. The van der Waals surface area contributed by atoms with E-state index in [-0.39, 0.29) is 0 Å². The zero-order chi connectivity index (χ0) is 20.9. The normalized spacial score (nSPS) is 14.8. The monoisotopic (exact) mass is 425 g/mol. The number of hydrogen-bond acceptors (Lipinski definition) is 6. The first kappa shape index (κ1) is 20.9. The molecular weight excluding hydrogens is 394 g/mol. The summed E-state index contributed by atoms with van der Waals surface area (Å²) in [6, 6.07) is 12.7. The van der Waals surface area contributed by atoms with E-state index in [0.29, 0.717) is 0 Å². The summed E-state index contributed by atoms with van der Waals surface area (Å²) in [5.41, 5.74) is 3.50. The van der Waals surface area contributed by atoms with Gasteiger partial charge in [0.15, 0.2) is 16.6 Å². The van der Waals surface area contributed by atoms with Crippen LogP contribution < -0.4 is 14.4 Å². The van der Waals surface area contributed by atoms with Gasteiger partial charge in [0.1, 0.15) is 0 Å². The second-order valence-electron chi connectivity index (χ2n) is 7.75. The van der Waals surface area contributed by atoms with Gasteiger partial charge in [-0.25, -0.2) is 4.98 Å². The Balaban J connectivity index is 1.67. The number of fused-ring (bicyclic) bond motifs is 1. The van der Waals surface area contributed by atoms with Gasteiger partial charge in [-0.05, 0) is 62.2 Å².